The number of carbonyl (C=O) groups is 1. The molecule has 2 unspecified atom stereocenters. The average molecular weight is 389 g/mol. The van der Waals surface area contributed by atoms with E-state index in [4.69, 9.17) is 9.84 Å². The van der Waals surface area contributed by atoms with E-state index in [2.05, 4.69) is 10.1 Å². The minimum absolute atomic E-state index is 0.130. The fraction of sp³-hybridized carbons (Fsp3) is 0.474. The molecule has 2 aliphatic heterocycles. The van der Waals surface area contributed by atoms with Gasteiger partial charge >= 0.3 is 6.16 Å². The van der Waals surface area contributed by atoms with Crippen molar-refractivity contribution in [2.75, 3.05) is 31.2 Å². The van der Waals surface area contributed by atoms with Gasteiger partial charge in [0.1, 0.15) is 5.82 Å². The Hall–Kier alpha value is -2.65. The smallest absolute Gasteiger partial charge is 0.449 e. The molecule has 0 amide bonds. The van der Waals surface area contributed by atoms with Gasteiger partial charge in [0, 0.05) is 31.2 Å². The van der Waals surface area contributed by atoms with Crippen molar-refractivity contribution in [2.45, 2.75) is 31.0 Å². The van der Waals surface area contributed by atoms with E-state index in [1.54, 1.807) is 6.07 Å². The van der Waals surface area contributed by atoms with Gasteiger partial charge in [-0.1, -0.05) is 0 Å². The standard InChI is InChI=1S/C19H20FN3O5/c20-14-3-13-15(4-16(14)22-5-10-8-27-9-11(6-22)21-10)23(12-1-2-12)7-17(18(13)24)28-19(25)26/h3-4,7,10-12,21H,1-2,5-6,8-9H2,(H,25,26). The van der Waals surface area contributed by atoms with Gasteiger partial charge in [0.15, 0.2) is 5.75 Å². The summed E-state index contributed by atoms with van der Waals surface area (Å²) in [6.45, 7) is 2.41. The second kappa shape index (κ2) is 6.46. The van der Waals surface area contributed by atoms with Crippen molar-refractivity contribution < 1.29 is 23.8 Å². The number of ether oxygens (including phenoxy) is 2. The third kappa shape index (κ3) is 3.00. The summed E-state index contributed by atoms with van der Waals surface area (Å²) in [6, 6.07) is 3.35. The molecular weight excluding hydrogens is 369 g/mol. The average Bonchev–Trinajstić information content (AvgIpc) is 3.48. The summed E-state index contributed by atoms with van der Waals surface area (Å²) in [5.74, 6) is -0.798. The van der Waals surface area contributed by atoms with Gasteiger partial charge in [-0.2, -0.15) is 0 Å². The highest BCUT2D eigenvalue weighted by atomic mass is 19.1. The molecule has 3 aliphatic rings. The zero-order valence-electron chi connectivity index (χ0n) is 15.1. The lowest BCUT2D eigenvalue weighted by Gasteiger charge is -2.43. The molecule has 0 spiro atoms. The molecule has 148 valence electrons. The molecule has 28 heavy (non-hydrogen) atoms. The Bertz CT molecular complexity index is 1010. The molecular formula is C19H20FN3O5. The van der Waals surface area contributed by atoms with Crippen molar-refractivity contribution in [3.63, 3.8) is 0 Å². The van der Waals surface area contributed by atoms with Gasteiger partial charge in [-0.3, -0.25) is 4.79 Å². The van der Waals surface area contributed by atoms with Gasteiger partial charge in [-0.25, -0.2) is 9.18 Å². The number of nitrogens with one attached hydrogen (secondary N) is 1. The van der Waals surface area contributed by atoms with Crippen LogP contribution in [0.4, 0.5) is 14.9 Å². The molecule has 8 nitrogen and oxygen atoms in total. The van der Waals surface area contributed by atoms with Gasteiger partial charge in [0.05, 0.1) is 36.0 Å². The van der Waals surface area contributed by atoms with Crippen molar-refractivity contribution in [3.8, 4) is 5.75 Å². The molecule has 1 aromatic carbocycles. The molecule has 1 aromatic heterocycles. The minimum atomic E-state index is -1.56. The third-order valence-electron chi connectivity index (χ3n) is 5.54. The second-order valence-corrected chi connectivity index (χ2v) is 7.65. The van der Waals surface area contributed by atoms with E-state index >= 15 is 4.39 Å². The predicted octanol–water partition coefficient (Wildman–Crippen LogP) is 1.71. The van der Waals surface area contributed by atoms with E-state index in [1.807, 2.05) is 9.47 Å². The van der Waals surface area contributed by atoms with Crippen molar-refractivity contribution in [1.82, 2.24) is 9.88 Å². The van der Waals surface area contributed by atoms with Crippen molar-refractivity contribution in [3.05, 3.63) is 34.4 Å². The van der Waals surface area contributed by atoms with Crippen molar-refractivity contribution >= 4 is 22.7 Å². The van der Waals surface area contributed by atoms with Gasteiger partial charge < -0.3 is 29.4 Å². The van der Waals surface area contributed by atoms with E-state index in [-0.39, 0.29) is 29.3 Å². The largest absolute Gasteiger partial charge is 0.511 e. The van der Waals surface area contributed by atoms with Crippen LogP contribution >= 0.6 is 0 Å². The number of hydrogen-bond donors (Lipinski definition) is 2. The Balaban J connectivity index is 1.62. The molecule has 1 aliphatic carbocycles. The van der Waals surface area contributed by atoms with Crippen molar-refractivity contribution in [2.24, 2.45) is 0 Å². The SMILES string of the molecule is O=C(O)Oc1cn(C2CC2)c2cc(N3CC4COCC(C3)N4)c(F)cc2c1=O. The molecule has 2 atom stereocenters. The van der Waals surface area contributed by atoms with E-state index < -0.39 is 17.4 Å². The summed E-state index contributed by atoms with van der Waals surface area (Å²) in [6.07, 6.45) is 1.71. The number of fused-ring (bicyclic) bond motifs is 3. The van der Waals surface area contributed by atoms with Crippen LogP contribution in [-0.2, 0) is 4.74 Å². The maximum Gasteiger partial charge on any atom is 0.511 e. The molecule has 9 heteroatoms. The number of pyridine rings is 1. The maximum absolute atomic E-state index is 15.0. The highest BCUT2D eigenvalue weighted by molar-refractivity contribution is 5.85. The van der Waals surface area contributed by atoms with Crippen molar-refractivity contribution in [1.29, 1.82) is 0 Å². The first-order valence-corrected chi connectivity index (χ1v) is 9.37. The highest BCUT2D eigenvalue weighted by Gasteiger charge is 2.33. The summed E-state index contributed by atoms with van der Waals surface area (Å²) >= 11 is 0. The minimum Gasteiger partial charge on any atom is -0.449 e. The normalized spacial score (nSPS) is 24.4. The number of aromatic nitrogens is 1. The lowest BCUT2D eigenvalue weighted by atomic mass is 10.1. The lowest BCUT2D eigenvalue weighted by Crippen LogP contribution is -2.63. The van der Waals surface area contributed by atoms with Gasteiger partial charge in [-0.05, 0) is 25.0 Å². The molecule has 3 fully saturated rings. The molecule has 3 heterocycles. The first kappa shape index (κ1) is 17.4. The van der Waals surface area contributed by atoms with Crippen LogP contribution in [0.1, 0.15) is 18.9 Å². The van der Waals surface area contributed by atoms with Crippen LogP contribution in [0.15, 0.2) is 23.1 Å². The van der Waals surface area contributed by atoms with Crippen LogP contribution in [0.5, 0.6) is 5.75 Å². The molecule has 2 saturated heterocycles. The first-order valence-electron chi connectivity index (χ1n) is 9.37. The number of halogens is 1. The Kier molecular flexibility index (Phi) is 4.02. The summed E-state index contributed by atoms with van der Waals surface area (Å²) < 4.78 is 27.0. The Labute approximate surface area is 159 Å². The molecule has 0 radical (unpaired) electrons. The number of piperazine rings is 1. The summed E-state index contributed by atoms with van der Waals surface area (Å²) in [5.41, 5.74) is 0.429. The number of carboxylic acid groups (broad SMARTS) is 1. The number of benzene rings is 1. The number of anilines is 1. The molecule has 5 rings (SSSR count). The Morgan fingerprint density at radius 3 is 2.61 bits per heavy atom. The number of morpholine rings is 1. The molecule has 2 bridgehead atoms. The number of hydrogen-bond acceptors (Lipinski definition) is 6. The van der Waals surface area contributed by atoms with Crippen LogP contribution in [0.3, 0.4) is 0 Å². The Morgan fingerprint density at radius 2 is 1.96 bits per heavy atom. The maximum atomic E-state index is 15.0. The number of rotatable bonds is 3. The Morgan fingerprint density at radius 1 is 1.25 bits per heavy atom. The quantitative estimate of drug-likeness (QED) is 0.772. The number of nitrogens with zero attached hydrogens (tertiary/aromatic N) is 2. The van der Waals surface area contributed by atoms with E-state index in [9.17, 15) is 9.59 Å². The van der Waals surface area contributed by atoms with Gasteiger partial charge in [0.2, 0.25) is 5.43 Å². The van der Waals surface area contributed by atoms with Gasteiger partial charge in [-0.15, -0.1) is 0 Å². The lowest BCUT2D eigenvalue weighted by molar-refractivity contribution is 0.0375. The monoisotopic (exact) mass is 389 g/mol. The van der Waals surface area contributed by atoms with Crippen LogP contribution in [0, 0.1) is 5.82 Å². The van der Waals surface area contributed by atoms with Crippen LogP contribution in [0.2, 0.25) is 0 Å². The van der Waals surface area contributed by atoms with E-state index in [1.165, 1.54) is 12.3 Å². The molecule has 2 aromatic rings. The second-order valence-electron chi connectivity index (χ2n) is 7.65. The summed E-state index contributed by atoms with van der Waals surface area (Å²) in [4.78, 5) is 25.6. The van der Waals surface area contributed by atoms with E-state index in [0.29, 0.717) is 37.5 Å². The fourth-order valence-electron chi connectivity index (χ4n) is 4.19. The predicted molar refractivity (Wildman–Crippen MR) is 98.8 cm³/mol. The summed E-state index contributed by atoms with van der Waals surface area (Å²) in [7, 11) is 0. The first-order chi connectivity index (χ1) is 13.5. The third-order valence-corrected chi connectivity index (χ3v) is 5.54. The van der Waals surface area contributed by atoms with Gasteiger partial charge in [0.25, 0.3) is 0 Å². The zero-order valence-corrected chi connectivity index (χ0v) is 15.1. The van der Waals surface area contributed by atoms with E-state index in [0.717, 1.165) is 12.8 Å². The van der Waals surface area contributed by atoms with Crippen LogP contribution in [0.25, 0.3) is 10.9 Å². The fourth-order valence-corrected chi connectivity index (χ4v) is 4.19. The van der Waals surface area contributed by atoms with Crippen LogP contribution < -0.4 is 20.4 Å². The topological polar surface area (TPSA) is 93.0 Å². The highest BCUT2D eigenvalue weighted by Crippen LogP contribution is 2.39. The zero-order chi connectivity index (χ0) is 19.4. The molecule has 1 saturated carbocycles. The molecule has 2 N–H and O–H groups in total. The summed E-state index contributed by atoms with van der Waals surface area (Å²) in [5, 5.41) is 12.5. The van der Waals surface area contributed by atoms with Crippen LogP contribution in [-0.4, -0.2) is 54.2 Å².